The van der Waals surface area contributed by atoms with Crippen molar-refractivity contribution in [1.29, 1.82) is 0 Å². The first kappa shape index (κ1) is 9.03. The number of nitrogens with zero attached hydrogens (tertiary/aromatic N) is 1. The Morgan fingerprint density at radius 1 is 1.31 bits per heavy atom. The van der Waals surface area contributed by atoms with E-state index in [-0.39, 0.29) is 0 Å². The number of benzene rings is 1. The lowest BCUT2D eigenvalue weighted by molar-refractivity contribution is 0.258. The van der Waals surface area contributed by atoms with Crippen LogP contribution in [0, 0.1) is 0 Å². The predicted molar refractivity (Wildman–Crippen MR) is 59.1 cm³/mol. The second-order valence-electron chi connectivity index (χ2n) is 3.42. The third-order valence-electron chi connectivity index (χ3n) is 2.39. The van der Waals surface area contributed by atoms with Crippen LogP contribution in [-0.4, -0.2) is 9.97 Å². The van der Waals surface area contributed by atoms with Crippen LogP contribution in [-0.2, 0) is 6.61 Å². The molecule has 16 heavy (non-hydrogen) atoms. The molecule has 1 aromatic carbocycles. The SMILES string of the molecule is c1ccc2c(OCc3ncco3)[nH]cc2c1. The van der Waals surface area contributed by atoms with E-state index in [2.05, 4.69) is 9.97 Å². The summed E-state index contributed by atoms with van der Waals surface area (Å²) in [4.78, 5) is 7.07. The molecule has 0 aliphatic carbocycles. The highest BCUT2D eigenvalue weighted by Crippen LogP contribution is 2.24. The number of ether oxygens (including phenoxy) is 1. The summed E-state index contributed by atoms with van der Waals surface area (Å²) in [7, 11) is 0. The van der Waals surface area contributed by atoms with E-state index in [9.17, 15) is 0 Å². The lowest BCUT2D eigenvalue weighted by Crippen LogP contribution is -1.95. The summed E-state index contributed by atoms with van der Waals surface area (Å²) in [6.07, 6.45) is 5.05. The summed E-state index contributed by atoms with van der Waals surface area (Å²) in [5.74, 6) is 1.31. The fraction of sp³-hybridized carbons (Fsp3) is 0.0833. The number of rotatable bonds is 3. The second kappa shape index (κ2) is 3.73. The quantitative estimate of drug-likeness (QED) is 0.729. The maximum absolute atomic E-state index is 5.59. The average Bonchev–Trinajstić information content (AvgIpc) is 2.96. The van der Waals surface area contributed by atoms with E-state index in [0.717, 1.165) is 16.7 Å². The van der Waals surface area contributed by atoms with Crippen LogP contribution in [0.1, 0.15) is 5.89 Å². The minimum atomic E-state index is 0.331. The van der Waals surface area contributed by atoms with Crippen molar-refractivity contribution in [2.75, 3.05) is 0 Å². The van der Waals surface area contributed by atoms with Crippen molar-refractivity contribution in [3.8, 4) is 5.88 Å². The standard InChI is InChI=1S/C12H10N2O2/c1-2-4-10-9(3-1)7-14-12(10)16-8-11-13-5-6-15-11/h1-7,14H,8H2. The fourth-order valence-electron chi connectivity index (χ4n) is 1.63. The maximum Gasteiger partial charge on any atom is 0.232 e. The molecule has 2 heterocycles. The van der Waals surface area contributed by atoms with Gasteiger partial charge in [0.1, 0.15) is 6.26 Å². The molecule has 4 heteroatoms. The van der Waals surface area contributed by atoms with E-state index in [0.29, 0.717) is 12.5 Å². The summed E-state index contributed by atoms with van der Waals surface area (Å²) in [5, 5.41) is 2.19. The molecule has 80 valence electrons. The molecule has 3 rings (SSSR count). The monoisotopic (exact) mass is 214 g/mol. The van der Waals surface area contributed by atoms with Crippen molar-refractivity contribution in [3.63, 3.8) is 0 Å². The normalized spacial score (nSPS) is 10.8. The van der Waals surface area contributed by atoms with Crippen LogP contribution < -0.4 is 4.74 Å². The number of H-pyrrole nitrogens is 1. The van der Waals surface area contributed by atoms with Gasteiger partial charge in [-0.15, -0.1) is 0 Å². The number of fused-ring (bicyclic) bond motifs is 1. The molecule has 0 unspecified atom stereocenters. The molecule has 0 radical (unpaired) electrons. The molecule has 0 saturated heterocycles. The zero-order chi connectivity index (χ0) is 10.8. The summed E-state index contributed by atoms with van der Waals surface area (Å²) in [6.45, 7) is 0.331. The number of aromatic nitrogens is 2. The number of nitrogens with one attached hydrogen (secondary N) is 1. The van der Waals surface area contributed by atoms with Crippen molar-refractivity contribution in [1.82, 2.24) is 9.97 Å². The largest absolute Gasteiger partial charge is 0.469 e. The van der Waals surface area contributed by atoms with Gasteiger partial charge in [0.05, 0.1) is 6.20 Å². The van der Waals surface area contributed by atoms with Gasteiger partial charge in [-0.25, -0.2) is 4.98 Å². The van der Waals surface area contributed by atoms with Crippen LogP contribution in [0.5, 0.6) is 5.88 Å². The van der Waals surface area contributed by atoms with Gasteiger partial charge < -0.3 is 14.1 Å². The molecule has 0 atom stereocenters. The van der Waals surface area contributed by atoms with Crippen molar-refractivity contribution < 1.29 is 9.15 Å². The van der Waals surface area contributed by atoms with Gasteiger partial charge in [-0.05, 0) is 6.07 Å². The van der Waals surface area contributed by atoms with E-state index in [1.807, 2.05) is 30.5 Å². The molecular formula is C12H10N2O2. The Morgan fingerprint density at radius 3 is 3.12 bits per heavy atom. The van der Waals surface area contributed by atoms with Crippen LogP contribution in [0.4, 0.5) is 0 Å². The molecule has 0 amide bonds. The highest BCUT2D eigenvalue weighted by Gasteiger charge is 2.05. The first-order valence-corrected chi connectivity index (χ1v) is 5.01. The minimum absolute atomic E-state index is 0.331. The summed E-state index contributed by atoms with van der Waals surface area (Å²) in [6, 6.07) is 8.02. The van der Waals surface area contributed by atoms with Crippen molar-refractivity contribution in [2.45, 2.75) is 6.61 Å². The van der Waals surface area contributed by atoms with Gasteiger partial charge in [0.2, 0.25) is 5.89 Å². The lowest BCUT2D eigenvalue weighted by Gasteiger charge is -2.00. The Labute approximate surface area is 91.9 Å². The Bertz CT molecular complexity index is 584. The highest BCUT2D eigenvalue weighted by molar-refractivity contribution is 5.87. The molecule has 2 aromatic heterocycles. The van der Waals surface area contributed by atoms with E-state index in [1.165, 1.54) is 6.26 Å². The van der Waals surface area contributed by atoms with Gasteiger partial charge >= 0.3 is 0 Å². The first-order valence-electron chi connectivity index (χ1n) is 5.01. The molecule has 4 nitrogen and oxygen atoms in total. The van der Waals surface area contributed by atoms with Crippen molar-refractivity contribution in [2.24, 2.45) is 0 Å². The Kier molecular flexibility index (Phi) is 2.11. The summed E-state index contributed by atoms with van der Waals surface area (Å²) in [5.41, 5.74) is 0. The molecule has 1 N–H and O–H groups in total. The number of hydrogen-bond donors (Lipinski definition) is 1. The Balaban J connectivity index is 1.84. The highest BCUT2D eigenvalue weighted by atomic mass is 16.5. The maximum atomic E-state index is 5.59. The van der Waals surface area contributed by atoms with Crippen molar-refractivity contribution >= 4 is 10.8 Å². The molecular weight excluding hydrogens is 204 g/mol. The van der Waals surface area contributed by atoms with E-state index < -0.39 is 0 Å². The zero-order valence-electron chi connectivity index (χ0n) is 8.51. The van der Waals surface area contributed by atoms with E-state index >= 15 is 0 Å². The third kappa shape index (κ3) is 1.54. The second-order valence-corrected chi connectivity index (χ2v) is 3.42. The van der Waals surface area contributed by atoms with Gasteiger partial charge in [-0.1, -0.05) is 18.2 Å². The van der Waals surface area contributed by atoms with Crippen molar-refractivity contribution in [3.05, 3.63) is 48.8 Å². The van der Waals surface area contributed by atoms with Crippen LogP contribution in [0.2, 0.25) is 0 Å². The van der Waals surface area contributed by atoms with Gasteiger partial charge in [-0.2, -0.15) is 0 Å². The number of hydrogen-bond acceptors (Lipinski definition) is 3. The fourth-order valence-corrected chi connectivity index (χ4v) is 1.63. The smallest absolute Gasteiger partial charge is 0.232 e. The van der Waals surface area contributed by atoms with E-state index in [4.69, 9.17) is 9.15 Å². The topological polar surface area (TPSA) is 51.1 Å². The van der Waals surface area contributed by atoms with E-state index in [1.54, 1.807) is 6.20 Å². The molecule has 3 aromatic rings. The van der Waals surface area contributed by atoms with Crippen LogP contribution in [0.25, 0.3) is 10.8 Å². The Hall–Kier alpha value is -2.23. The minimum Gasteiger partial charge on any atom is -0.469 e. The first-order chi connectivity index (χ1) is 7.93. The molecule has 0 aliphatic rings. The number of aromatic amines is 1. The summed E-state index contributed by atoms with van der Waals surface area (Å²) < 4.78 is 10.7. The van der Waals surface area contributed by atoms with Gasteiger partial charge in [0.25, 0.3) is 0 Å². The van der Waals surface area contributed by atoms with Crippen LogP contribution in [0.3, 0.4) is 0 Å². The third-order valence-corrected chi connectivity index (χ3v) is 2.39. The van der Waals surface area contributed by atoms with Gasteiger partial charge in [-0.3, -0.25) is 0 Å². The molecule has 0 fully saturated rings. The van der Waals surface area contributed by atoms with Crippen LogP contribution in [0.15, 0.2) is 47.3 Å². The molecule has 0 aliphatic heterocycles. The van der Waals surface area contributed by atoms with Gasteiger partial charge in [0, 0.05) is 17.0 Å². The molecule has 0 spiro atoms. The Morgan fingerprint density at radius 2 is 2.25 bits per heavy atom. The molecule has 0 saturated carbocycles. The zero-order valence-corrected chi connectivity index (χ0v) is 8.51. The predicted octanol–water partition coefficient (Wildman–Crippen LogP) is 2.73. The van der Waals surface area contributed by atoms with Crippen LogP contribution >= 0.6 is 0 Å². The average molecular weight is 214 g/mol. The molecule has 0 bridgehead atoms. The van der Waals surface area contributed by atoms with Gasteiger partial charge in [0.15, 0.2) is 12.5 Å². The summed E-state index contributed by atoms with van der Waals surface area (Å²) >= 11 is 0. The lowest BCUT2D eigenvalue weighted by atomic mass is 10.2. The number of oxazole rings is 1.